The summed E-state index contributed by atoms with van der Waals surface area (Å²) in [4.78, 5) is 18.6. The monoisotopic (exact) mass is 309 g/mol. The Balaban J connectivity index is 1.72. The van der Waals surface area contributed by atoms with E-state index in [0.29, 0.717) is 12.8 Å². The van der Waals surface area contributed by atoms with Gasteiger partial charge in [0.1, 0.15) is 5.60 Å². The van der Waals surface area contributed by atoms with E-state index in [-0.39, 0.29) is 5.91 Å². The van der Waals surface area contributed by atoms with Crippen molar-refractivity contribution in [1.82, 2.24) is 10.3 Å². The summed E-state index contributed by atoms with van der Waals surface area (Å²) in [5.41, 5.74) is 0.485. The third-order valence-electron chi connectivity index (χ3n) is 4.53. The van der Waals surface area contributed by atoms with Crippen LogP contribution in [0.5, 0.6) is 0 Å². The van der Waals surface area contributed by atoms with Gasteiger partial charge in [-0.2, -0.15) is 0 Å². The average Bonchev–Trinajstić information content (AvgIpc) is 2.76. The number of ether oxygens (including phenoxy) is 1. The van der Waals surface area contributed by atoms with Gasteiger partial charge in [0, 0.05) is 12.0 Å². The van der Waals surface area contributed by atoms with Crippen LogP contribution in [0.25, 0.3) is 0 Å². The maximum absolute atomic E-state index is 12.6. The molecular formula is C15H23N3O2S. The maximum atomic E-state index is 12.6. The Morgan fingerprint density at radius 3 is 2.81 bits per heavy atom. The molecule has 0 radical (unpaired) electrons. The number of rotatable bonds is 3. The number of fused-ring (bicyclic) bond motifs is 1. The van der Waals surface area contributed by atoms with E-state index in [1.54, 1.807) is 18.4 Å². The highest BCUT2D eigenvalue weighted by Gasteiger charge is 2.40. The highest BCUT2D eigenvalue weighted by atomic mass is 32.1. The first-order valence-corrected chi connectivity index (χ1v) is 8.61. The Morgan fingerprint density at radius 1 is 1.29 bits per heavy atom. The molecule has 21 heavy (non-hydrogen) atoms. The highest BCUT2D eigenvalue weighted by molar-refractivity contribution is 7.15. The number of amides is 1. The van der Waals surface area contributed by atoms with Gasteiger partial charge in [0.05, 0.1) is 5.69 Å². The van der Waals surface area contributed by atoms with E-state index in [1.807, 2.05) is 0 Å². The van der Waals surface area contributed by atoms with Gasteiger partial charge < -0.3 is 10.1 Å². The van der Waals surface area contributed by atoms with Crippen molar-refractivity contribution < 1.29 is 9.53 Å². The van der Waals surface area contributed by atoms with Gasteiger partial charge in [0.2, 0.25) is 0 Å². The van der Waals surface area contributed by atoms with Crippen LogP contribution in [0.15, 0.2) is 0 Å². The maximum Gasteiger partial charge on any atom is 0.258 e. The predicted octanol–water partition coefficient (Wildman–Crippen LogP) is 2.12. The smallest absolute Gasteiger partial charge is 0.258 e. The number of thiazole rings is 1. The number of carbonyl (C=O) groups excluding carboxylic acids is 1. The van der Waals surface area contributed by atoms with Crippen molar-refractivity contribution in [2.45, 2.75) is 50.5 Å². The molecule has 0 saturated carbocycles. The van der Waals surface area contributed by atoms with E-state index in [4.69, 9.17) is 4.74 Å². The van der Waals surface area contributed by atoms with Gasteiger partial charge >= 0.3 is 0 Å². The van der Waals surface area contributed by atoms with Gasteiger partial charge in [-0.15, -0.1) is 11.3 Å². The molecule has 1 aliphatic carbocycles. The Hall–Kier alpha value is -0.980. The standard InChI is InChI=1S/C15H23N3O2S/c1-20-15(7-9-16-10-8-15)13(19)18-14-17-11-5-3-2-4-6-12(11)21-14/h16H,2-10H2,1H3,(H,17,18,19). The molecule has 2 N–H and O–H groups in total. The summed E-state index contributed by atoms with van der Waals surface area (Å²) in [6, 6.07) is 0. The van der Waals surface area contributed by atoms with Gasteiger partial charge in [-0.3, -0.25) is 10.1 Å². The lowest BCUT2D eigenvalue weighted by atomic mass is 9.91. The molecule has 2 heterocycles. The molecule has 1 aromatic heterocycles. The number of methoxy groups -OCH3 is 1. The molecule has 0 spiro atoms. The second-order valence-electron chi connectivity index (χ2n) is 5.85. The topological polar surface area (TPSA) is 63.2 Å². The third kappa shape index (κ3) is 3.12. The van der Waals surface area contributed by atoms with Crippen molar-refractivity contribution in [2.75, 3.05) is 25.5 Å². The minimum atomic E-state index is -0.700. The Morgan fingerprint density at radius 2 is 2.05 bits per heavy atom. The summed E-state index contributed by atoms with van der Waals surface area (Å²) < 4.78 is 5.56. The second kappa shape index (κ2) is 6.42. The fourth-order valence-electron chi connectivity index (χ4n) is 3.15. The van der Waals surface area contributed by atoms with Crippen molar-refractivity contribution in [2.24, 2.45) is 0 Å². The number of aryl methyl sites for hydroxylation is 2. The van der Waals surface area contributed by atoms with E-state index in [0.717, 1.165) is 31.1 Å². The number of hydrogen-bond donors (Lipinski definition) is 2. The molecule has 1 aromatic rings. The molecule has 2 aliphatic rings. The van der Waals surface area contributed by atoms with Crippen LogP contribution in [0.4, 0.5) is 5.13 Å². The van der Waals surface area contributed by atoms with Crippen molar-refractivity contribution in [1.29, 1.82) is 0 Å². The van der Waals surface area contributed by atoms with Crippen molar-refractivity contribution in [3.8, 4) is 0 Å². The van der Waals surface area contributed by atoms with E-state index >= 15 is 0 Å². The first kappa shape index (κ1) is 14.9. The number of aromatic nitrogens is 1. The zero-order chi connectivity index (χ0) is 14.7. The molecule has 1 aliphatic heterocycles. The fourth-order valence-corrected chi connectivity index (χ4v) is 4.19. The van der Waals surface area contributed by atoms with Crippen LogP contribution in [-0.2, 0) is 22.4 Å². The third-order valence-corrected chi connectivity index (χ3v) is 5.60. The molecule has 1 amide bonds. The lowest BCUT2D eigenvalue weighted by Gasteiger charge is -2.34. The van der Waals surface area contributed by atoms with Crippen LogP contribution in [0.2, 0.25) is 0 Å². The SMILES string of the molecule is COC1(C(=O)Nc2nc3c(s2)CCCCC3)CCNCC1. The molecule has 1 saturated heterocycles. The molecular weight excluding hydrogens is 286 g/mol. The predicted molar refractivity (Wildman–Crippen MR) is 83.8 cm³/mol. The fraction of sp³-hybridized carbons (Fsp3) is 0.733. The largest absolute Gasteiger partial charge is 0.368 e. The van der Waals surface area contributed by atoms with E-state index in [2.05, 4.69) is 15.6 Å². The summed E-state index contributed by atoms with van der Waals surface area (Å²) in [7, 11) is 1.63. The van der Waals surface area contributed by atoms with E-state index < -0.39 is 5.60 Å². The van der Waals surface area contributed by atoms with Crippen LogP contribution in [-0.4, -0.2) is 36.7 Å². The molecule has 1 fully saturated rings. The highest BCUT2D eigenvalue weighted by Crippen LogP contribution is 2.31. The summed E-state index contributed by atoms with van der Waals surface area (Å²) >= 11 is 1.64. The molecule has 0 aromatic carbocycles. The normalized spacial score (nSPS) is 21.4. The molecule has 0 atom stereocenters. The number of nitrogens with zero attached hydrogens (tertiary/aromatic N) is 1. The second-order valence-corrected chi connectivity index (χ2v) is 6.94. The molecule has 0 bridgehead atoms. The Bertz CT molecular complexity index is 486. The van der Waals surface area contributed by atoms with Crippen molar-refractivity contribution in [3.05, 3.63) is 10.6 Å². The molecule has 0 unspecified atom stereocenters. The first-order chi connectivity index (χ1) is 10.2. The average molecular weight is 309 g/mol. The van der Waals surface area contributed by atoms with Crippen molar-refractivity contribution in [3.63, 3.8) is 0 Å². The van der Waals surface area contributed by atoms with Crippen molar-refractivity contribution >= 4 is 22.4 Å². The summed E-state index contributed by atoms with van der Waals surface area (Å²) in [5.74, 6) is -0.0459. The van der Waals surface area contributed by atoms with Crippen LogP contribution >= 0.6 is 11.3 Å². The summed E-state index contributed by atoms with van der Waals surface area (Å²) in [6.07, 6.45) is 7.28. The van der Waals surface area contributed by atoms with Gasteiger partial charge in [0.25, 0.3) is 5.91 Å². The van der Waals surface area contributed by atoms with Crippen LogP contribution in [0.1, 0.15) is 42.7 Å². The quantitative estimate of drug-likeness (QED) is 0.840. The number of piperidine rings is 1. The number of hydrogen-bond acceptors (Lipinski definition) is 5. The molecule has 6 heteroatoms. The Kier molecular flexibility index (Phi) is 4.57. The molecule has 5 nitrogen and oxygen atoms in total. The lowest BCUT2D eigenvalue weighted by Crippen LogP contribution is -2.51. The molecule has 3 rings (SSSR count). The minimum Gasteiger partial charge on any atom is -0.368 e. The Labute approximate surface area is 129 Å². The zero-order valence-corrected chi connectivity index (χ0v) is 13.4. The van der Waals surface area contributed by atoms with Gasteiger partial charge in [-0.05, 0) is 51.6 Å². The number of anilines is 1. The molecule has 116 valence electrons. The summed E-state index contributed by atoms with van der Waals surface area (Å²) in [5, 5.41) is 7.00. The van der Waals surface area contributed by atoms with Crippen LogP contribution in [0, 0.1) is 0 Å². The van der Waals surface area contributed by atoms with Crippen LogP contribution < -0.4 is 10.6 Å². The van der Waals surface area contributed by atoms with Crippen LogP contribution in [0.3, 0.4) is 0 Å². The van der Waals surface area contributed by atoms with Gasteiger partial charge in [-0.25, -0.2) is 4.98 Å². The van der Waals surface area contributed by atoms with Gasteiger partial charge in [0.15, 0.2) is 5.13 Å². The van der Waals surface area contributed by atoms with Gasteiger partial charge in [-0.1, -0.05) is 6.42 Å². The minimum absolute atomic E-state index is 0.0459. The number of carbonyl (C=O) groups is 1. The van der Waals surface area contributed by atoms with E-state index in [1.165, 1.54) is 29.8 Å². The lowest BCUT2D eigenvalue weighted by molar-refractivity contribution is -0.140. The summed E-state index contributed by atoms with van der Waals surface area (Å²) in [6.45, 7) is 1.63. The first-order valence-electron chi connectivity index (χ1n) is 7.79. The number of nitrogens with one attached hydrogen (secondary N) is 2. The van der Waals surface area contributed by atoms with E-state index in [9.17, 15) is 4.79 Å². The zero-order valence-electron chi connectivity index (χ0n) is 12.5.